The summed E-state index contributed by atoms with van der Waals surface area (Å²) in [5.41, 5.74) is 0.355. The molecule has 2 rings (SSSR count). The lowest BCUT2D eigenvalue weighted by Crippen LogP contribution is -2.05. The zero-order valence-electron chi connectivity index (χ0n) is 10.2. The molecule has 0 spiro atoms. The molecule has 0 amide bonds. The minimum Gasteiger partial charge on any atom is -0.381 e. The zero-order chi connectivity index (χ0) is 13.8. The molecule has 19 heavy (non-hydrogen) atoms. The van der Waals surface area contributed by atoms with E-state index in [-0.39, 0.29) is 11.4 Å². The SMILES string of the molecule is CCNc1c(F)cc(F)cc1Nc1ccc(F)cn1. The summed E-state index contributed by atoms with van der Waals surface area (Å²) in [5, 5.41) is 5.54. The lowest BCUT2D eigenvalue weighted by atomic mass is 10.2. The summed E-state index contributed by atoms with van der Waals surface area (Å²) in [6, 6.07) is 4.53. The third-order valence-corrected chi connectivity index (χ3v) is 2.40. The Labute approximate surface area is 108 Å². The molecule has 1 heterocycles. The van der Waals surface area contributed by atoms with Gasteiger partial charge in [-0.3, -0.25) is 0 Å². The molecule has 0 saturated heterocycles. The molecule has 0 aliphatic heterocycles. The summed E-state index contributed by atoms with van der Waals surface area (Å²) in [6.07, 6.45) is 1.02. The number of benzene rings is 1. The van der Waals surface area contributed by atoms with Gasteiger partial charge in [-0.1, -0.05) is 0 Å². The predicted molar refractivity (Wildman–Crippen MR) is 68.0 cm³/mol. The summed E-state index contributed by atoms with van der Waals surface area (Å²) in [6.45, 7) is 2.27. The lowest BCUT2D eigenvalue weighted by Gasteiger charge is -2.13. The maximum absolute atomic E-state index is 13.6. The number of pyridine rings is 1. The number of nitrogens with zero attached hydrogens (tertiary/aromatic N) is 1. The first-order chi connectivity index (χ1) is 9.10. The van der Waals surface area contributed by atoms with E-state index in [0.29, 0.717) is 12.4 Å². The second kappa shape index (κ2) is 5.60. The fraction of sp³-hybridized carbons (Fsp3) is 0.154. The zero-order valence-corrected chi connectivity index (χ0v) is 10.2. The van der Waals surface area contributed by atoms with Crippen LogP contribution in [-0.4, -0.2) is 11.5 Å². The standard InChI is InChI=1S/C13H12F3N3/c1-2-17-13-10(16)5-9(15)6-11(13)19-12-4-3-8(14)7-18-12/h3-7,17H,2H2,1H3,(H,18,19). The summed E-state index contributed by atoms with van der Waals surface area (Å²) >= 11 is 0. The van der Waals surface area contributed by atoms with Crippen LogP contribution in [0.15, 0.2) is 30.5 Å². The normalized spacial score (nSPS) is 10.3. The van der Waals surface area contributed by atoms with Gasteiger partial charge in [-0.25, -0.2) is 18.2 Å². The molecule has 3 nitrogen and oxygen atoms in total. The molecule has 0 radical (unpaired) electrons. The van der Waals surface area contributed by atoms with Crippen LogP contribution >= 0.6 is 0 Å². The fourth-order valence-electron chi connectivity index (χ4n) is 1.62. The molecule has 0 saturated carbocycles. The molecule has 2 N–H and O–H groups in total. The van der Waals surface area contributed by atoms with Crippen molar-refractivity contribution in [2.75, 3.05) is 17.2 Å². The van der Waals surface area contributed by atoms with Crippen LogP contribution < -0.4 is 10.6 Å². The van der Waals surface area contributed by atoms with Crippen molar-refractivity contribution in [3.63, 3.8) is 0 Å². The second-order valence-corrected chi connectivity index (χ2v) is 3.83. The van der Waals surface area contributed by atoms with Gasteiger partial charge in [0.1, 0.15) is 17.5 Å². The van der Waals surface area contributed by atoms with Gasteiger partial charge in [-0.2, -0.15) is 0 Å². The van der Waals surface area contributed by atoms with Crippen LogP contribution in [0.25, 0.3) is 0 Å². The van der Waals surface area contributed by atoms with Crippen LogP contribution in [0, 0.1) is 17.5 Å². The van der Waals surface area contributed by atoms with Crippen molar-refractivity contribution in [3.8, 4) is 0 Å². The van der Waals surface area contributed by atoms with Crippen molar-refractivity contribution in [2.45, 2.75) is 6.92 Å². The van der Waals surface area contributed by atoms with Crippen LogP contribution in [0.4, 0.5) is 30.4 Å². The van der Waals surface area contributed by atoms with E-state index in [9.17, 15) is 13.2 Å². The van der Waals surface area contributed by atoms with Gasteiger partial charge in [0, 0.05) is 12.6 Å². The van der Waals surface area contributed by atoms with Gasteiger partial charge in [0.25, 0.3) is 0 Å². The summed E-state index contributed by atoms with van der Waals surface area (Å²) in [5.74, 6) is -1.59. The van der Waals surface area contributed by atoms with Gasteiger partial charge in [-0.05, 0) is 25.1 Å². The summed E-state index contributed by atoms with van der Waals surface area (Å²) < 4.78 is 39.6. The van der Waals surface area contributed by atoms with Crippen molar-refractivity contribution >= 4 is 17.2 Å². The Kier molecular flexibility index (Phi) is 3.89. The van der Waals surface area contributed by atoms with E-state index < -0.39 is 17.5 Å². The number of halogens is 3. The monoisotopic (exact) mass is 267 g/mol. The quantitative estimate of drug-likeness (QED) is 0.887. The van der Waals surface area contributed by atoms with Crippen LogP contribution in [-0.2, 0) is 0 Å². The van der Waals surface area contributed by atoms with Crippen molar-refractivity contribution < 1.29 is 13.2 Å². The van der Waals surface area contributed by atoms with Gasteiger partial charge in [-0.15, -0.1) is 0 Å². The maximum atomic E-state index is 13.6. The Morgan fingerprint density at radius 2 is 1.89 bits per heavy atom. The molecule has 1 aromatic heterocycles. The van der Waals surface area contributed by atoms with E-state index in [4.69, 9.17) is 0 Å². The first-order valence-electron chi connectivity index (χ1n) is 5.71. The lowest BCUT2D eigenvalue weighted by molar-refractivity contribution is 0.586. The van der Waals surface area contributed by atoms with E-state index >= 15 is 0 Å². The van der Waals surface area contributed by atoms with Crippen molar-refractivity contribution in [1.82, 2.24) is 4.98 Å². The van der Waals surface area contributed by atoms with Crippen molar-refractivity contribution in [2.24, 2.45) is 0 Å². The highest BCUT2D eigenvalue weighted by molar-refractivity contribution is 5.73. The number of hydrogen-bond acceptors (Lipinski definition) is 3. The van der Waals surface area contributed by atoms with E-state index in [1.165, 1.54) is 12.1 Å². The molecule has 0 aliphatic rings. The molecule has 0 fully saturated rings. The molecular weight excluding hydrogens is 255 g/mol. The maximum Gasteiger partial charge on any atom is 0.151 e. The Morgan fingerprint density at radius 1 is 1.11 bits per heavy atom. The largest absolute Gasteiger partial charge is 0.381 e. The molecule has 0 atom stereocenters. The van der Waals surface area contributed by atoms with Crippen LogP contribution in [0.1, 0.15) is 6.92 Å². The number of aromatic nitrogens is 1. The highest BCUT2D eigenvalue weighted by Gasteiger charge is 2.11. The van der Waals surface area contributed by atoms with E-state index in [1.54, 1.807) is 6.92 Å². The van der Waals surface area contributed by atoms with Gasteiger partial charge in [0.2, 0.25) is 0 Å². The van der Waals surface area contributed by atoms with Crippen LogP contribution in [0.3, 0.4) is 0 Å². The Balaban J connectivity index is 2.35. The first-order valence-corrected chi connectivity index (χ1v) is 5.71. The van der Waals surface area contributed by atoms with E-state index in [0.717, 1.165) is 18.3 Å². The number of nitrogens with one attached hydrogen (secondary N) is 2. The minimum absolute atomic E-state index is 0.148. The number of anilines is 3. The molecule has 0 bridgehead atoms. The highest BCUT2D eigenvalue weighted by Crippen LogP contribution is 2.28. The Bertz CT molecular complexity index is 570. The molecule has 1 aromatic carbocycles. The van der Waals surface area contributed by atoms with Gasteiger partial charge >= 0.3 is 0 Å². The molecule has 0 unspecified atom stereocenters. The highest BCUT2D eigenvalue weighted by atomic mass is 19.1. The summed E-state index contributed by atoms with van der Waals surface area (Å²) in [7, 11) is 0. The van der Waals surface area contributed by atoms with E-state index in [1.807, 2.05) is 0 Å². The minimum atomic E-state index is -0.705. The predicted octanol–water partition coefficient (Wildman–Crippen LogP) is 3.67. The third kappa shape index (κ3) is 3.15. The molecule has 100 valence electrons. The van der Waals surface area contributed by atoms with Crippen LogP contribution in [0.2, 0.25) is 0 Å². The fourth-order valence-corrected chi connectivity index (χ4v) is 1.62. The molecule has 2 aromatic rings. The van der Waals surface area contributed by atoms with Crippen molar-refractivity contribution in [1.29, 1.82) is 0 Å². The van der Waals surface area contributed by atoms with Crippen molar-refractivity contribution in [3.05, 3.63) is 47.9 Å². The molecule has 6 heteroatoms. The number of hydrogen-bond donors (Lipinski definition) is 2. The van der Waals surface area contributed by atoms with E-state index in [2.05, 4.69) is 15.6 Å². The Hall–Kier alpha value is -2.24. The molecular formula is C13H12F3N3. The van der Waals surface area contributed by atoms with Gasteiger partial charge < -0.3 is 10.6 Å². The first kappa shape index (κ1) is 13.2. The number of rotatable bonds is 4. The topological polar surface area (TPSA) is 37.0 Å². The average Bonchev–Trinajstić information content (AvgIpc) is 2.36. The smallest absolute Gasteiger partial charge is 0.151 e. The van der Waals surface area contributed by atoms with Gasteiger partial charge in [0.15, 0.2) is 5.82 Å². The third-order valence-electron chi connectivity index (χ3n) is 2.40. The molecule has 0 aliphatic carbocycles. The average molecular weight is 267 g/mol. The second-order valence-electron chi connectivity index (χ2n) is 3.83. The van der Waals surface area contributed by atoms with Crippen LogP contribution in [0.5, 0.6) is 0 Å². The van der Waals surface area contributed by atoms with Gasteiger partial charge in [0.05, 0.1) is 17.6 Å². The summed E-state index contributed by atoms with van der Waals surface area (Å²) in [4.78, 5) is 3.78. The Morgan fingerprint density at radius 3 is 2.53 bits per heavy atom.